The molecule has 4 heteroatoms. The normalized spacial score (nSPS) is 10.6. The molecule has 0 amide bonds. The van der Waals surface area contributed by atoms with Gasteiger partial charge in [0, 0.05) is 22.5 Å². The van der Waals surface area contributed by atoms with Gasteiger partial charge < -0.3 is 10.1 Å². The highest BCUT2D eigenvalue weighted by Crippen LogP contribution is 2.20. The van der Waals surface area contributed by atoms with Crippen molar-refractivity contribution in [2.45, 2.75) is 33.4 Å². The van der Waals surface area contributed by atoms with E-state index in [0.717, 1.165) is 24.5 Å². The van der Waals surface area contributed by atoms with Crippen molar-refractivity contribution in [2.75, 3.05) is 6.54 Å². The lowest BCUT2D eigenvalue weighted by Gasteiger charge is -2.06. The summed E-state index contributed by atoms with van der Waals surface area (Å²) in [6.07, 6.45) is 2.95. The maximum atomic E-state index is 5.79. The lowest BCUT2D eigenvalue weighted by Crippen LogP contribution is -2.12. The topological polar surface area (TPSA) is 34.1 Å². The molecule has 2 aromatic heterocycles. The first kappa shape index (κ1) is 14.0. The SMILES string of the molecule is CCCNCc1ccc(COc2cccnc2C)s1. The molecule has 0 saturated heterocycles. The Morgan fingerprint density at radius 2 is 2.11 bits per heavy atom. The molecule has 0 spiro atoms. The van der Waals surface area contributed by atoms with E-state index in [1.807, 2.05) is 19.1 Å². The van der Waals surface area contributed by atoms with Gasteiger partial charge in [-0.3, -0.25) is 4.98 Å². The molecule has 0 atom stereocenters. The van der Waals surface area contributed by atoms with Crippen LogP contribution in [0.25, 0.3) is 0 Å². The van der Waals surface area contributed by atoms with Crippen LogP contribution in [0.2, 0.25) is 0 Å². The molecule has 0 radical (unpaired) electrons. The fourth-order valence-corrected chi connectivity index (χ4v) is 2.66. The number of pyridine rings is 1. The number of ether oxygens (including phenoxy) is 1. The molecule has 1 N–H and O–H groups in total. The second kappa shape index (κ2) is 7.26. The van der Waals surface area contributed by atoms with Gasteiger partial charge in [0.1, 0.15) is 12.4 Å². The van der Waals surface area contributed by atoms with Crippen molar-refractivity contribution in [3.63, 3.8) is 0 Å². The summed E-state index contributed by atoms with van der Waals surface area (Å²) in [4.78, 5) is 6.82. The highest BCUT2D eigenvalue weighted by Gasteiger charge is 2.03. The minimum absolute atomic E-state index is 0.616. The van der Waals surface area contributed by atoms with Crippen molar-refractivity contribution in [3.05, 3.63) is 45.9 Å². The molecule has 3 nitrogen and oxygen atoms in total. The molecule has 0 aromatic carbocycles. The molecule has 2 heterocycles. The Labute approximate surface area is 118 Å². The number of rotatable bonds is 7. The van der Waals surface area contributed by atoms with Crippen molar-refractivity contribution >= 4 is 11.3 Å². The molecule has 2 aromatic rings. The average Bonchev–Trinajstić information content (AvgIpc) is 2.86. The third kappa shape index (κ3) is 4.33. The minimum Gasteiger partial charge on any atom is -0.486 e. The molecule has 19 heavy (non-hydrogen) atoms. The molecule has 0 aliphatic carbocycles. The summed E-state index contributed by atoms with van der Waals surface area (Å²) in [7, 11) is 0. The zero-order valence-corrected chi connectivity index (χ0v) is 12.3. The number of nitrogens with zero attached hydrogens (tertiary/aromatic N) is 1. The van der Waals surface area contributed by atoms with Crippen LogP contribution in [0, 0.1) is 6.92 Å². The Balaban J connectivity index is 1.85. The summed E-state index contributed by atoms with van der Waals surface area (Å²) in [5.74, 6) is 0.863. The molecule has 0 aliphatic heterocycles. The van der Waals surface area contributed by atoms with Crippen LogP contribution in [-0.2, 0) is 13.2 Å². The number of thiophene rings is 1. The van der Waals surface area contributed by atoms with E-state index in [4.69, 9.17) is 4.74 Å². The van der Waals surface area contributed by atoms with Crippen LogP contribution in [-0.4, -0.2) is 11.5 Å². The van der Waals surface area contributed by atoms with Crippen LogP contribution in [0.1, 0.15) is 28.8 Å². The van der Waals surface area contributed by atoms with Crippen molar-refractivity contribution in [2.24, 2.45) is 0 Å². The Bertz CT molecular complexity index is 510. The quantitative estimate of drug-likeness (QED) is 0.786. The monoisotopic (exact) mass is 276 g/mol. The fraction of sp³-hybridized carbons (Fsp3) is 0.400. The van der Waals surface area contributed by atoms with Gasteiger partial charge >= 0.3 is 0 Å². The standard InChI is InChI=1S/C15H20N2OS/c1-3-8-16-10-13-6-7-14(19-13)11-18-15-5-4-9-17-12(15)2/h4-7,9,16H,3,8,10-11H2,1-2H3. The molecular formula is C15H20N2OS. The molecule has 0 unspecified atom stereocenters. The second-order valence-electron chi connectivity index (χ2n) is 4.42. The molecule has 0 aliphatic rings. The van der Waals surface area contributed by atoms with Crippen molar-refractivity contribution < 1.29 is 4.74 Å². The summed E-state index contributed by atoms with van der Waals surface area (Å²) in [6, 6.07) is 8.16. The third-order valence-electron chi connectivity index (χ3n) is 2.77. The van der Waals surface area contributed by atoms with Gasteiger partial charge in [-0.2, -0.15) is 0 Å². The maximum Gasteiger partial charge on any atom is 0.141 e. The first-order valence-corrected chi connectivity index (χ1v) is 7.44. The van der Waals surface area contributed by atoms with E-state index in [2.05, 4.69) is 29.4 Å². The lowest BCUT2D eigenvalue weighted by molar-refractivity contribution is 0.306. The number of hydrogen-bond donors (Lipinski definition) is 1. The van der Waals surface area contributed by atoms with Gasteiger partial charge in [-0.15, -0.1) is 11.3 Å². The molecular weight excluding hydrogens is 256 g/mol. The van der Waals surface area contributed by atoms with Crippen LogP contribution in [0.15, 0.2) is 30.5 Å². The number of nitrogens with one attached hydrogen (secondary N) is 1. The number of aromatic nitrogens is 1. The van der Waals surface area contributed by atoms with Crippen LogP contribution in [0.5, 0.6) is 5.75 Å². The fourth-order valence-electron chi connectivity index (χ4n) is 1.75. The van der Waals surface area contributed by atoms with Gasteiger partial charge in [0.25, 0.3) is 0 Å². The van der Waals surface area contributed by atoms with E-state index >= 15 is 0 Å². The van der Waals surface area contributed by atoms with Crippen molar-refractivity contribution in [3.8, 4) is 5.75 Å². The zero-order valence-electron chi connectivity index (χ0n) is 11.5. The summed E-state index contributed by atoms with van der Waals surface area (Å²) in [6.45, 7) is 6.77. The predicted molar refractivity (Wildman–Crippen MR) is 79.6 cm³/mol. The molecule has 0 saturated carbocycles. The second-order valence-corrected chi connectivity index (χ2v) is 5.67. The van der Waals surface area contributed by atoms with E-state index in [9.17, 15) is 0 Å². The van der Waals surface area contributed by atoms with Crippen LogP contribution < -0.4 is 10.1 Å². The molecule has 102 valence electrons. The van der Waals surface area contributed by atoms with Crippen molar-refractivity contribution in [1.82, 2.24) is 10.3 Å². The molecule has 0 bridgehead atoms. The lowest BCUT2D eigenvalue weighted by atomic mass is 10.3. The zero-order chi connectivity index (χ0) is 13.5. The highest BCUT2D eigenvalue weighted by molar-refractivity contribution is 7.11. The van der Waals surface area contributed by atoms with Gasteiger partial charge in [0.15, 0.2) is 0 Å². The van der Waals surface area contributed by atoms with Gasteiger partial charge in [0.2, 0.25) is 0 Å². The molecule has 0 fully saturated rings. The number of hydrogen-bond acceptors (Lipinski definition) is 4. The summed E-state index contributed by atoms with van der Waals surface area (Å²) in [5.41, 5.74) is 0.934. The average molecular weight is 276 g/mol. The minimum atomic E-state index is 0.616. The number of aryl methyl sites for hydroxylation is 1. The van der Waals surface area contributed by atoms with E-state index in [1.165, 1.54) is 16.2 Å². The van der Waals surface area contributed by atoms with Crippen LogP contribution in [0.3, 0.4) is 0 Å². The van der Waals surface area contributed by atoms with E-state index < -0.39 is 0 Å². The largest absolute Gasteiger partial charge is 0.486 e. The van der Waals surface area contributed by atoms with Gasteiger partial charge in [-0.1, -0.05) is 6.92 Å². The Hall–Kier alpha value is -1.39. The first-order chi connectivity index (χ1) is 9.29. The first-order valence-electron chi connectivity index (χ1n) is 6.62. The highest BCUT2D eigenvalue weighted by atomic mass is 32.1. The Kier molecular flexibility index (Phi) is 5.36. The Morgan fingerprint density at radius 3 is 2.89 bits per heavy atom. The van der Waals surface area contributed by atoms with Crippen LogP contribution in [0.4, 0.5) is 0 Å². The summed E-state index contributed by atoms with van der Waals surface area (Å²) in [5, 5.41) is 3.41. The molecule has 2 rings (SSSR count). The van der Waals surface area contributed by atoms with E-state index in [-0.39, 0.29) is 0 Å². The van der Waals surface area contributed by atoms with Gasteiger partial charge in [0.05, 0.1) is 5.69 Å². The van der Waals surface area contributed by atoms with E-state index in [1.54, 1.807) is 17.5 Å². The van der Waals surface area contributed by atoms with Gasteiger partial charge in [-0.05, 0) is 44.2 Å². The van der Waals surface area contributed by atoms with Gasteiger partial charge in [-0.25, -0.2) is 0 Å². The summed E-state index contributed by atoms with van der Waals surface area (Å²) >= 11 is 1.80. The Morgan fingerprint density at radius 1 is 1.26 bits per heavy atom. The third-order valence-corrected chi connectivity index (χ3v) is 3.83. The van der Waals surface area contributed by atoms with Crippen molar-refractivity contribution in [1.29, 1.82) is 0 Å². The smallest absolute Gasteiger partial charge is 0.141 e. The maximum absolute atomic E-state index is 5.79. The van der Waals surface area contributed by atoms with Crippen LogP contribution >= 0.6 is 11.3 Å². The summed E-state index contributed by atoms with van der Waals surface area (Å²) < 4.78 is 5.79. The predicted octanol–water partition coefficient (Wildman–Crippen LogP) is 3.53. The van der Waals surface area contributed by atoms with E-state index in [0.29, 0.717) is 6.61 Å².